The van der Waals surface area contributed by atoms with Crippen molar-refractivity contribution >= 4 is 33.2 Å². The van der Waals surface area contributed by atoms with Gasteiger partial charge in [-0.15, -0.1) is 0 Å². The van der Waals surface area contributed by atoms with Gasteiger partial charge >= 0.3 is 0 Å². The van der Waals surface area contributed by atoms with Gasteiger partial charge in [0.1, 0.15) is 0 Å². The van der Waals surface area contributed by atoms with Crippen LogP contribution in [0.1, 0.15) is 0 Å². The number of hydrogen-bond donors (Lipinski definition) is 2. The summed E-state index contributed by atoms with van der Waals surface area (Å²) in [7, 11) is 0. The largest absolute Gasteiger partial charge is 0.396 e. The first-order valence-corrected chi connectivity index (χ1v) is 6.20. The number of ether oxygens (including phenoxy) is 1. The quantitative estimate of drug-likeness (QED) is 0.898. The second kappa shape index (κ2) is 4.92. The van der Waals surface area contributed by atoms with Gasteiger partial charge in [-0.2, -0.15) is 0 Å². The van der Waals surface area contributed by atoms with Crippen molar-refractivity contribution in [3.05, 3.63) is 27.7 Å². The van der Waals surface area contributed by atoms with Crippen LogP contribution in [0.25, 0.3) is 0 Å². The maximum atomic E-state index is 9.28. The summed E-state index contributed by atoms with van der Waals surface area (Å²) in [6.07, 6.45) is 0. The Morgan fingerprint density at radius 1 is 1.50 bits per heavy atom. The smallest absolute Gasteiger partial charge is 0.0638 e. The van der Waals surface area contributed by atoms with Gasteiger partial charge in [-0.1, -0.05) is 27.5 Å². The molecule has 16 heavy (non-hydrogen) atoms. The molecule has 0 bridgehead atoms. The van der Waals surface area contributed by atoms with Crippen LogP contribution >= 0.6 is 27.5 Å². The van der Waals surface area contributed by atoms with E-state index in [1.807, 2.05) is 18.2 Å². The third-order valence-corrected chi connectivity index (χ3v) is 3.56. The summed E-state index contributed by atoms with van der Waals surface area (Å²) in [5.41, 5.74) is 0.724. The lowest BCUT2D eigenvalue weighted by Gasteiger charge is -2.40. The number of aliphatic hydroxyl groups is 1. The predicted molar refractivity (Wildman–Crippen MR) is 68.0 cm³/mol. The highest BCUT2D eigenvalue weighted by Crippen LogP contribution is 2.30. The van der Waals surface area contributed by atoms with Crippen LogP contribution in [0.3, 0.4) is 0 Å². The van der Waals surface area contributed by atoms with Crippen LogP contribution in [-0.4, -0.2) is 31.5 Å². The Hall–Kier alpha value is -0.290. The molecule has 1 fully saturated rings. The molecule has 1 aliphatic rings. The molecule has 0 amide bonds. The van der Waals surface area contributed by atoms with E-state index in [0.29, 0.717) is 24.8 Å². The fourth-order valence-corrected chi connectivity index (χ4v) is 2.10. The highest BCUT2D eigenvalue weighted by Gasteiger charge is 2.37. The van der Waals surface area contributed by atoms with Crippen molar-refractivity contribution in [1.82, 2.24) is 0 Å². The SMILES string of the molecule is OCC1(CNc2cc(Br)ccc2Cl)COC1. The van der Waals surface area contributed by atoms with Crippen molar-refractivity contribution in [2.24, 2.45) is 5.41 Å². The summed E-state index contributed by atoms with van der Waals surface area (Å²) >= 11 is 9.44. The standard InChI is InChI=1S/C11H13BrClNO2/c12-8-1-2-9(13)10(3-8)14-4-11(5-15)6-16-7-11/h1-3,14-15H,4-7H2. The lowest BCUT2D eigenvalue weighted by Crippen LogP contribution is -2.50. The number of aliphatic hydroxyl groups excluding tert-OH is 1. The van der Waals surface area contributed by atoms with E-state index in [2.05, 4.69) is 21.2 Å². The molecular weight excluding hydrogens is 293 g/mol. The number of halogens is 2. The molecular formula is C11H13BrClNO2. The van der Waals surface area contributed by atoms with Crippen LogP contribution in [-0.2, 0) is 4.74 Å². The molecule has 2 N–H and O–H groups in total. The zero-order valence-electron chi connectivity index (χ0n) is 8.67. The second-order valence-electron chi connectivity index (χ2n) is 4.13. The number of benzene rings is 1. The molecule has 0 spiro atoms. The molecule has 1 saturated heterocycles. The van der Waals surface area contributed by atoms with Crippen LogP contribution in [0, 0.1) is 5.41 Å². The number of nitrogens with one attached hydrogen (secondary N) is 1. The first kappa shape index (κ1) is 12.2. The van der Waals surface area contributed by atoms with Crippen LogP contribution < -0.4 is 5.32 Å². The van der Waals surface area contributed by atoms with Crippen LogP contribution in [0.4, 0.5) is 5.69 Å². The summed E-state index contributed by atoms with van der Waals surface area (Å²) in [5, 5.41) is 13.2. The molecule has 5 heteroatoms. The van der Waals surface area contributed by atoms with Gasteiger partial charge in [0.15, 0.2) is 0 Å². The summed E-state index contributed by atoms with van der Waals surface area (Å²) < 4.78 is 6.10. The fourth-order valence-electron chi connectivity index (χ4n) is 1.56. The molecule has 0 saturated carbocycles. The summed E-state index contributed by atoms with van der Waals surface area (Å²) in [6, 6.07) is 5.64. The highest BCUT2D eigenvalue weighted by atomic mass is 79.9. The Morgan fingerprint density at radius 3 is 2.81 bits per heavy atom. The van der Waals surface area contributed by atoms with E-state index in [1.54, 1.807) is 0 Å². The van der Waals surface area contributed by atoms with Crippen molar-refractivity contribution in [1.29, 1.82) is 0 Å². The Balaban J connectivity index is 2.01. The van der Waals surface area contributed by atoms with Crippen LogP contribution in [0.15, 0.2) is 22.7 Å². The lowest BCUT2D eigenvalue weighted by molar-refractivity contribution is -0.128. The minimum Gasteiger partial charge on any atom is -0.396 e. The molecule has 88 valence electrons. The molecule has 1 aromatic rings. The minimum atomic E-state index is -0.147. The van der Waals surface area contributed by atoms with Gasteiger partial charge < -0.3 is 15.2 Å². The molecule has 1 aliphatic heterocycles. The molecule has 0 aliphatic carbocycles. The van der Waals surface area contributed by atoms with Gasteiger partial charge in [-0.25, -0.2) is 0 Å². The van der Waals surface area contributed by atoms with Crippen LogP contribution in [0.2, 0.25) is 5.02 Å². The van der Waals surface area contributed by atoms with Gasteiger partial charge in [0.25, 0.3) is 0 Å². The third-order valence-electron chi connectivity index (χ3n) is 2.73. The van der Waals surface area contributed by atoms with Crippen molar-refractivity contribution in [2.45, 2.75) is 0 Å². The zero-order valence-corrected chi connectivity index (χ0v) is 11.0. The topological polar surface area (TPSA) is 41.5 Å². The maximum Gasteiger partial charge on any atom is 0.0638 e. The Labute approximate surface area is 108 Å². The Kier molecular flexibility index (Phi) is 3.74. The van der Waals surface area contributed by atoms with Gasteiger partial charge in [-0.05, 0) is 18.2 Å². The molecule has 0 atom stereocenters. The second-order valence-corrected chi connectivity index (χ2v) is 5.45. The number of anilines is 1. The first-order valence-electron chi connectivity index (χ1n) is 5.03. The monoisotopic (exact) mass is 305 g/mol. The van der Waals surface area contributed by atoms with Gasteiger partial charge in [-0.3, -0.25) is 0 Å². The third kappa shape index (κ3) is 2.51. The van der Waals surface area contributed by atoms with E-state index < -0.39 is 0 Å². The summed E-state index contributed by atoms with van der Waals surface area (Å²) in [5.74, 6) is 0. The molecule has 0 unspecified atom stereocenters. The van der Waals surface area contributed by atoms with E-state index >= 15 is 0 Å². The lowest BCUT2D eigenvalue weighted by atomic mass is 9.87. The summed E-state index contributed by atoms with van der Waals surface area (Å²) in [6.45, 7) is 2.00. The summed E-state index contributed by atoms with van der Waals surface area (Å²) in [4.78, 5) is 0. The normalized spacial score (nSPS) is 17.9. The van der Waals surface area contributed by atoms with E-state index in [1.165, 1.54) is 0 Å². The molecule has 1 aromatic carbocycles. The Bertz CT molecular complexity index is 377. The van der Waals surface area contributed by atoms with E-state index in [4.69, 9.17) is 16.3 Å². The highest BCUT2D eigenvalue weighted by molar-refractivity contribution is 9.10. The van der Waals surface area contributed by atoms with Crippen molar-refractivity contribution < 1.29 is 9.84 Å². The Morgan fingerprint density at radius 2 is 2.25 bits per heavy atom. The van der Waals surface area contributed by atoms with Gasteiger partial charge in [0.05, 0.1) is 35.9 Å². The average molecular weight is 307 g/mol. The van der Waals surface area contributed by atoms with Gasteiger partial charge in [0, 0.05) is 11.0 Å². The molecule has 3 nitrogen and oxygen atoms in total. The van der Waals surface area contributed by atoms with Crippen molar-refractivity contribution in [3.8, 4) is 0 Å². The van der Waals surface area contributed by atoms with Crippen molar-refractivity contribution in [2.75, 3.05) is 31.7 Å². The van der Waals surface area contributed by atoms with Crippen molar-refractivity contribution in [3.63, 3.8) is 0 Å². The predicted octanol–water partition coefficient (Wildman–Crippen LogP) is 2.52. The minimum absolute atomic E-state index is 0.131. The maximum absolute atomic E-state index is 9.28. The number of hydrogen-bond acceptors (Lipinski definition) is 3. The first-order chi connectivity index (χ1) is 7.65. The van der Waals surface area contributed by atoms with E-state index in [-0.39, 0.29) is 12.0 Å². The number of rotatable bonds is 4. The molecule has 0 radical (unpaired) electrons. The van der Waals surface area contributed by atoms with E-state index in [0.717, 1.165) is 10.2 Å². The molecule has 0 aromatic heterocycles. The van der Waals surface area contributed by atoms with Crippen LogP contribution in [0.5, 0.6) is 0 Å². The zero-order chi connectivity index (χ0) is 11.6. The van der Waals surface area contributed by atoms with E-state index in [9.17, 15) is 5.11 Å². The molecule has 2 rings (SSSR count). The van der Waals surface area contributed by atoms with Gasteiger partial charge in [0.2, 0.25) is 0 Å². The molecule has 1 heterocycles. The fraction of sp³-hybridized carbons (Fsp3) is 0.455. The average Bonchev–Trinajstić information content (AvgIpc) is 2.22.